The number of hydrogen-bond acceptors (Lipinski definition) is 7. The number of aromatic nitrogens is 3. The highest BCUT2D eigenvalue weighted by Gasteiger charge is 2.22. The molecule has 2 heterocycles. The third-order valence-electron chi connectivity index (χ3n) is 5.96. The van der Waals surface area contributed by atoms with Crippen LogP contribution >= 0.6 is 0 Å². The smallest absolute Gasteiger partial charge is 0.342 e. The molecule has 0 aliphatic carbocycles. The van der Waals surface area contributed by atoms with E-state index in [1.807, 2.05) is 0 Å². The maximum absolute atomic E-state index is 13.5. The van der Waals surface area contributed by atoms with E-state index >= 15 is 0 Å². The van der Waals surface area contributed by atoms with Gasteiger partial charge in [-0.1, -0.05) is 18.2 Å². The lowest BCUT2D eigenvalue weighted by Crippen LogP contribution is -2.31. The number of halogens is 1. The molecule has 3 N–H and O–H groups in total. The minimum Gasteiger partial charge on any atom is -0.462 e. The number of rotatable bonds is 6. The van der Waals surface area contributed by atoms with Gasteiger partial charge in [0.15, 0.2) is 5.43 Å². The highest BCUT2D eigenvalue weighted by molar-refractivity contribution is 6.08. The second kappa shape index (κ2) is 10.1. The van der Waals surface area contributed by atoms with Crippen LogP contribution < -0.4 is 16.3 Å². The number of nitrogens with one attached hydrogen (secondary N) is 3. The number of benzene rings is 3. The van der Waals surface area contributed by atoms with Gasteiger partial charge in [-0.25, -0.2) is 19.2 Å². The molecule has 0 fully saturated rings. The third kappa shape index (κ3) is 4.55. The van der Waals surface area contributed by atoms with Crippen LogP contribution in [0.2, 0.25) is 0 Å². The van der Waals surface area contributed by atoms with E-state index in [9.17, 15) is 18.8 Å². The zero-order valence-electron chi connectivity index (χ0n) is 20.5. The number of ether oxygens (including phenoxy) is 1. The Morgan fingerprint density at radius 1 is 0.974 bits per heavy atom. The molecule has 0 atom stereocenters. The fourth-order valence-electron chi connectivity index (χ4n) is 4.21. The molecule has 9 nitrogen and oxygen atoms in total. The standard InChI is InChI=1S/C28H22FN5O4/c1-3-38-27(37)22-15(2)30-28(32-23(22)16-11-13-17(29)14-12-16)34-33-26(36)20-9-6-8-19-24(20)31-21-10-5-4-7-18(21)25(19)35/h4-14H,3H2,1-2H3,(H,31,35)(H,33,36)(H,30,32,34). The van der Waals surface area contributed by atoms with Crippen LogP contribution in [0.5, 0.6) is 0 Å². The van der Waals surface area contributed by atoms with Gasteiger partial charge in [-0.3, -0.25) is 20.4 Å². The minimum absolute atomic E-state index is 0.00223. The van der Waals surface area contributed by atoms with Gasteiger partial charge in [0.2, 0.25) is 5.95 Å². The first-order valence-electron chi connectivity index (χ1n) is 11.8. The summed E-state index contributed by atoms with van der Waals surface area (Å²) in [6.45, 7) is 3.44. The second-order valence-corrected chi connectivity index (χ2v) is 8.39. The quantitative estimate of drug-likeness (QED) is 0.174. The molecule has 38 heavy (non-hydrogen) atoms. The Bertz CT molecular complexity index is 1770. The average molecular weight is 512 g/mol. The van der Waals surface area contributed by atoms with E-state index < -0.39 is 17.7 Å². The van der Waals surface area contributed by atoms with E-state index in [1.54, 1.807) is 56.3 Å². The summed E-state index contributed by atoms with van der Waals surface area (Å²) in [4.78, 5) is 50.6. The number of amides is 1. The van der Waals surface area contributed by atoms with Crippen LogP contribution in [-0.4, -0.2) is 33.4 Å². The first-order valence-corrected chi connectivity index (χ1v) is 11.8. The molecular formula is C28H22FN5O4. The largest absolute Gasteiger partial charge is 0.462 e. The number of fused-ring (bicyclic) bond motifs is 2. The molecule has 0 bridgehead atoms. The summed E-state index contributed by atoms with van der Waals surface area (Å²) in [6.07, 6.45) is 0. The van der Waals surface area contributed by atoms with Crippen molar-refractivity contribution in [3.05, 3.63) is 99.6 Å². The lowest BCUT2D eigenvalue weighted by Gasteiger charge is -2.14. The summed E-state index contributed by atoms with van der Waals surface area (Å²) < 4.78 is 18.7. The monoisotopic (exact) mass is 511 g/mol. The molecule has 2 aromatic heterocycles. The van der Waals surface area contributed by atoms with Crippen molar-refractivity contribution in [2.24, 2.45) is 0 Å². The summed E-state index contributed by atoms with van der Waals surface area (Å²) in [5.74, 6) is -1.60. The summed E-state index contributed by atoms with van der Waals surface area (Å²) in [5, 5.41) is 0.899. The highest BCUT2D eigenvalue weighted by atomic mass is 19.1. The molecule has 0 saturated heterocycles. The number of nitrogens with zero attached hydrogens (tertiary/aromatic N) is 2. The van der Waals surface area contributed by atoms with Crippen molar-refractivity contribution in [3.63, 3.8) is 0 Å². The van der Waals surface area contributed by atoms with Gasteiger partial charge in [-0.2, -0.15) is 0 Å². The lowest BCUT2D eigenvalue weighted by atomic mass is 10.0. The van der Waals surface area contributed by atoms with E-state index in [0.717, 1.165) is 0 Å². The summed E-state index contributed by atoms with van der Waals surface area (Å²) in [7, 11) is 0. The normalized spacial score (nSPS) is 10.9. The van der Waals surface area contributed by atoms with Crippen LogP contribution in [-0.2, 0) is 4.74 Å². The van der Waals surface area contributed by atoms with Gasteiger partial charge in [-0.15, -0.1) is 0 Å². The first kappa shape index (κ1) is 24.6. The second-order valence-electron chi connectivity index (χ2n) is 8.39. The molecule has 0 aliphatic rings. The fraction of sp³-hybridized carbons (Fsp3) is 0.107. The Balaban J connectivity index is 1.49. The highest BCUT2D eigenvalue weighted by Crippen LogP contribution is 2.26. The van der Waals surface area contributed by atoms with Crippen molar-refractivity contribution in [1.82, 2.24) is 20.4 Å². The van der Waals surface area contributed by atoms with E-state index in [1.165, 1.54) is 24.3 Å². The zero-order chi connectivity index (χ0) is 26.8. The van der Waals surface area contributed by atoms with Crippen LogP contribution in [0.15, 0.2) is 71.5 Å². The number of carbonyl (C=O) groups excluding carboxylic acids is 2. The van der Waals surface area contributed by atoms with Gasteiger partial charge >= 0.3 is 5.97 Å². The number of pyridine rings is 1. The van der Waals surface area contributed by atoms with Crippen molar-refractivity contribution in [2.75, 3.05) is 12.0 Å². The van der Waals surface area contributed by atoms with E-state index in [0.29, 0.717) is 33.1 Å². The molecule has 3 aromatic carbocycles. The number of esters is 1. The van der Waals surface area contributed by atoms with Gasteiger partial charge in [0.1, 0.15) is 11.4 Å². The molecule has 0 aliphatic heterocycles. The summed E-state index contributed by atoms with van der Waals surface area (Å²) >= 11 is 0. The van der Waals surface area contributed by atoms with Crippen LogP contribution in [0.1, 0.15) is 33.3 Å². The molecule has 1 amide bonds. The van der Waals surface area contributed by atoms with Crippen molar-refractivity contribution < 1.29 is 18.7 Å². The number of para-hydroxylation sites is 2. The Hall–Kier alpha value is -5.12. The van der Waals surface area contributed by atoms with E-state index in [4.69, 9.17) is 4.74 Å². The molecule has 5 aromatic rings. The van der Waals surface area contributed by atoms with E-state index in [-0.39, 0.29) is 34.8 Å². The molecule has 0 unspecified atom stereocenters. The Kier molecular flexibility index (Phi) is 6.53. The number of H-pyrrole nitrogens is 1. The Labute approximate surface area is 215 Å². The van der Waals surface area contributed by atoms with Crippen LogP contribution in [0.4, 0.5) is 10.3 Å². The van der Waals surface area contributed by atoms with E-state index in [2.05, 4.69) is 25.8 Å². The number of hydrazine groups is 1. The molecular weight excluding hydrogens is 489 g/mol. The van der Waals surface area contributed by atoms with Crippen molar-refractivity contribution in [1.29, 1.82) is 0 Å². The molecule has 190 valence electrons. The Morgan fingerprint density at radius 2 is 1.71 bits per heavy atom. The summed E-state index contributed by atoms with van der Waals surface area (Å²) in [5.41, 5.74) is 7.39. The number of carbonyl (C=O) groups is 2. The molecule has 5 rings (SSSR count). The maximum Gasteiger partial charge on any atom is 0.342 e. The lowest BCUT2D eigenvalue weighted by molar-refractivity contribution is 0.0525. The van der Waals surface area contributed by atoms with Gasteiger partial charge in [0.05, 0.1) is 29.1 Å². The molecule has 0 spiro atoms. The van der Waals surface area contributed by atoms with Gasteiger partial charge in [-0.05, 0) is 62.4 Å². The maximum atomic E-state index is 13.5. The average Bonchev–Trinajstić information content (AvgIpc) is 2.92. The third-order valence-corrected chi connectivity index (χ3v) is 5.96. The molecule has 0 saturated carbocycles. The van der Waals surface area contributed by atoms with Crippen molar-refractivity contribution in [3.8, 4) is 11.3 Å². The van der Waals surface area contributed by atoms with Crippen molar-refractivity contribution >= 4 is 39.6 Å². The zero-order valence-corrected chi connectivity index (χ0v) is 20.5. The topological polar surface area (TPSA) is 126 Å². The minimum atomic E-state index is -0.619. The van der Waals surface area contributed by atoms with Crippen molar-refractivity contribution in [2.45, 2.75) is 13.8 Å². The Morgan fingerprint density at radius 3 is 2.47 bits per heavy atom. The predicted molar refractivity (Wildman–Crippen MR) is 141 cm³/mol. The number of aromatic amines is 1. The van der Waals surface area contributed by atoms with Crippen LogP contribution in [0.25, 0.3) is 33.1 Å². The number of hydrogen-bond donors (Lipinski definition) is 3. The molecule has 10 heteroatoms. The number of aryl methyl sites for hydroxylation is 1. The van der Waals surface area contributed by atoms with Crippen LogP contribution in [0.3, 0.4) is 0 Å². The SMILES string of the molecule is CCOC(=O)c1c(C)nc(NNC(=O)c2cccc3c(=O)c4ccccc4[nH]c23)nc1-c1ccc(F)cc1. The molecule has 0 radical (unpaired) electrons. The summed E-state index contributed by atoms with van der Waals surface area (Å²) in [6, 6.07) is 17.4. The predicted octanol–water partition coefficient (Wildman–Crippen LogP) is 4.52. The van der Waals surface area contributed by atoms with Gasteiger partial charge < -0.3 is 9.72 Å². The fourth-order valence-corrected chi connectivity index (χ4v) is 4.21. The van der Waals surface area contributed by atoms with Gasteiger partial charge in [0, 0.05) is 21.9 Å². The number of anilines is 1. The van der Waals surface area contributed by atoms with Gasteiger partial charge in [0.25, 0.3) is 5.91 Å². The van der Waals surface area contributed by atoms with Crippen LogP contribution in [0, 0.1) is 12.7 Å². The first-order chi connectivity index (χ1) is 18.4.